The summed E-state index contributed by atoms with van der Waals surface area (Å²) >= 11 is 0. The molecular formula is C14H12FN5O2. The van der Waals surface area contributed by atoms with Crippen LogP contribution in [0.5, 0.6) is 5.75 Å². The van der Waals surface area contributed by atoms with Crippen LogP contribution < -0.4 is 10.6 Å². The number of carbonyl (C=O) groups excluding carboxylic acids is 1. The van der Waals surface area contributed by atoms with Crippen molar-refractivity contribution in [1.29, 1.82) is 5.26 Å². The third-order valence-corrected chi connectivity index (χ3v) is 2.70. The smallest absolute Gasteiger partial charge is 0.255 e. The summed E-state index contributed by atoms with van der Waals surface area (Å²) in [5.74, 6) is -1.23. The predicted octanol–water partition coefficient (Wildman–Crippen LogP) is 1.03. The van der Waals surface area contributed by atoms with Gasteiger partial charge in [0.25, 0.3) is 5.91 Å². The number of halogens is 1. The highest BCUT2D eigenvalue weighted by Gasteiger charge is 2.10. The van der Waals surface area contributed by atoms with E-state index in [2.05, 4.69) is 20.6 Å². The molecule has 1 aromatic carbocycles. The van der Waals surface area contributed by atoms with Gasteiger partial charge < -0.3 is 15.7 Å². The fourth-order valence-electron chi connectivity index (χ4n) is 1.69. The molecule has 0 atom stereocenters. The Hall–Kier alpha value is -3.21. The van der Waals surface area contributed by atoms with Crippen LogP contribution in [0.25, 0.3) is 0 Å². The van der Waals surface area contributed by atoms with Gasteiger partial charge in [-0.1, -0.05) is 12.1 Å². The monoisotopic (exact) mass is 301 g/mol. The molecule has 22 heavy (non-hydrogen) atoms. The largest absolute Gasteiger partial charge is 0.507 e. The van der Waals surface area contributed by atoms with Crippen LogP contribution in [-0.2, 0) is 0 Å². The van der Waals surface area contributed by atoms with Crippen molar-refractivity contribution in [3.63, 3.8) is 0 Å². The van der Waals surface area contributed by atoms with E-state index in [4.69, 9.17) is 5.26 Å². The van der Waals surface area contributed by atoms with Crippen LogP contribution in [0.3, 0.4) is 0 Å². The molecule has 0 saturated carbocycles. The fraction of sp³-hybridized carbons (Fsp3) is 0.143. The number of rotatable bonds is 5. The third kappa shape index (κ3) is 3.67. The van der Waals surface area contributed by atoms with E-state index >= 15 is 0 Å². The van der Waals surface area contributed by atoms with Crippen molar-refractivity contribution < 1.29 is 14.3 Å². The molecule has 0 spiro atoms. The Morgan fingerprint density at radius 3 is 2.86 bits per heavy atom. The lowest BCUT2D eigenvalue weighted by Gasteiger charge is -2.08. The molecule has 0 saturated heterocycles. The minimum absolute atomic E-state index is 0.107. The molecule has 2 rings (SSSR count). The van der Waals surface area contributed by atoms with E-state index in [0.717, 1.165) is 6.20 Å². The second-order valence-corrected chi connectivity index (χ2v) is 4.20. The van der Waals surface area contributed by atoms with Crippen LogP contribution in [0.1, 0.15) is 16.1 Å². The highest BCUT2D eigenvalue weighted by molar-refractivity contribution is 5.96. The molecule has 1 aromatic heterocycles. The molecule has 0 aliphatic heterocycles. The van der Waals surface area contributed by atoms with Crippen LogP contribution in [0, 0.1) is 17.3 Å². The minimum atomic E-state index is -0.838. The molecule has 0 unspecified atom stereocenters. The van der Waals surface area contributed by atoms with Gasteiger partial charge in [-0.05, 0) is 12.1 Å². The summed E-state index contributed by atoms with van der Waals surface area (Å²) in [6.45, 7) is 0.478. The number of nitriles is 1. The minimum Gasteiger partial charge on any atom is -0.507 e. The number of hydrogen-bond acceptors (Lipinski definition) is 6. The van der Waals surface area contributed by atoms with Gasteiger partial charge in [-0.2, -0.15) is 9.65 Å². The number of amides is 1. The molecule has 112 valence electrons. The summed E-state index contributed by atoms with van der Waals surface area (Å²) in [5, 5.41) is 23.7. The Labute approximate surface area is 125 Å². The van der Waals surface area contributed by atoms with Crippen LogP contribution in [0.4, 0.5) is 10.2 Å². The van der Waals surface area contributed by atoms with Crippen molar-refractivity contribution in [2.45, 2.75) is 0 Å². The zero-order valence-corrected chi connectivity index (χ0v) is 11.4. The van der Waals surface area contributed by atoms with E-state index in [0.29, 0.717) is 0 Å². The number of nitrogens with zero attached hydrogens (tertiary/aromatic N) is 3. The van der Waals surface area contributed by atoms with Crippen LogP contribution >= 0.6 is 0 Å². The number of carbonyl (C=O) groups is 1. The lowest BCUT2D eigenvalue weighted by Crippen LogP contribution is -2.29. The number of nitrogens with one attached hydrogen (secondary N) is 2. The maximum Gasteiger partial charge on any atom is 0.255 e. The van der Waals surface area contributed by atoms with Gasteiger partial charge in [-0.25, -0.2) is 9.97 Å². The summed E-state index contributed by atoms with van der Waals surface area (Å²) in [6.07, 6.45) is 0.893. The molecule has 0 fully saturated rings. The average Bonchev–Trinajstić information content (AvgIpc) is 2.52. The molecule has 0 bridgehead atoms. The molecule has 1 amide bonds. The van der Waals surface area contributed by atoms with Crippen LogP contribution in [0.2, 0.25) is 0 Å². The zero-order valence-electron chi connectivity index (χ0n) is 11.4. The summed E-state index contributed by atoms with van der Waals surface area (Å²) in [5.41, 5.74) is 0.00816. The van der Waals surface area contributed by atoms with Gasteiger partial charge in [0.2, 0.25) is 5.95 Å². The van der Waals surface area contributed by atoms with Crippen molar-refractivity contribution in [1.82, 2.24) is 15.3 Å². The molecule has 8 heteroatoms. The topological polar surface area (TPSA) is 111 Å². The molecule has 2 aromatic rings. The van der Waals surface area contributed by atoms with Gasteiger partial charge in [-0.3, -0.25) is 4.79 Å². The van der Waals surface area contributed by atoms with Gasteiger partial charge in [0.15, 0.2) is 11.5 Å². The number of para-hydroxylation sites is 1. The van der Waals surface area contributed by atoms with Crippen LogP contribution in [0.15, 0.2) is 30.5 Å². The average molecular weight is 301 g/mol. The number of phenolic OH excluding ortho intramolecular Hbond substituents is 1. The Balaban J connectivity index is 1.87. The Morgan fingerprint density at radius 1 is 1.36 bits per heavy atom. The first-order chi connectivity index (χ1) is 10.6. The molecule has 0 aliphatic rings. The molecule has 0 radical (unpaired) electrons. The highest BCUT2D eigenvalue weighted by atomic mass is 19.1. The number of aromatic nitrogens is 2. The van der Waals surface area contributed by atoms with E-state index in [-0.39, 0.29) is 35.9 Å². The Morgan fingerprint density at radius 2 is 2.14 bits per heavy atom. The van der Waals surface area contributed by atoms with Crippen LogP contribution in [-0.4, -0.2) is 34.1 Å². The number of hydrogen-bond donors (Lipinski definition) is 3. The van der Waals surface area contributed by atoms with Gasteiger partial charge >= 0.3 is 0 Å². The lowest BCUT2D eigenvalue weighted by molar-refractivity contribution is 0.0952. The normalized spacial score (nSPS) is 9.82. The van der Waals surface area contributed by atoms with E-state index < -0.39 is 11.9 Å². The molecule has 1 heterocycles. The molecule has 3 N–H and O–H groups in total. The molecule has 7 nitrogen and oxygen atoms in total. The summed E-state index contributed by atoms with van der Waals surface area (Å²) in [4.78, 5) is 18.9. The molecule has 0 aliphatic carbocycles. The quantitative estimate of drug-likeness (QED) is 0.711. The van der Waals surface area contributed by atoms with Crippen molar-refractivity contribution in [2.75, 3.05) is 18.4 Å². The van der Waals surface area contributed by atoms with Gasteiger partial charge in [0, 0.05) is 13.1 Å². The van der Waals surface area contributed by atoms with E-state index in [1.54, 1.807) is 18.2 Å². The first-order valence-corrected chi connectivity index (χ1v) is 6.34. The van der Waals surface area contributed by atoms with Crippen molar-refractivity contribution >= 4 is 11.7 Å². The highest BCUT2D eigenvalue weighted by Crippen LogP contribution is 2.14. The SMILES string of the molecule is N#Cc1nc(F)cnc1NCCNC(=O)c1ccccc1O. The lowest BCUT2D eigenvalue weighted by atomic mass is 10.2. The number of aromatic hydroxyl groups is 1. The predicted molar refractivity (Wildman–Crippen MR) is 75.6 cm³/mol. The van der Waals surface area contributed by atoms with Crippen molar-refractivity contribution in [3.05, 3.63) is 47.7 Å². The maximum absolute atomic E-state index is 12.8. The van der Waals surface area contributed by atoms with Crippen molar-refractivity contribution in [3.8, 4) is 11.8 Å². The Bertz CT molecular complexity index is 729. The number of phenols is 1. The summed E-state index contributed by atoms with van der Waals surface area (Å²) < 4.78 is 12.8. The summed E-state index contributed by atoms with van der Waals surface area (Å²) in [6, 6.07) is 7.89. The first-order valence-electron chi connectivity index (χ1n) is 6.34. The second-order valence-electron chi connectivity index (χ2n) is 4.20. The zero-order chi connectivity index (χ0) is 15.9. The summed E-state index contributed by atoms with van der Waals surface area (Å²) in [7, 11) is 0. The Kier molecular flexibility index (Phi) is 4.82. The van der Waals surface area contributed by atoms with E-state index in [1.807, 2.05) is 0 Å². The van der Waals surface area contributed by atoms with Gasteiger partial charge in [0.1, 0.15) is 11.8 Å². The van der Waals surface area contributed by atoms with Crippen molar-refractivity contribution in [2.24, 2.45) is 0 Å². The van der Waals surface area contributed by atoms with Gasteiger partial charge in [0.05, 0.1) is 11.8 Å². The second kappa shape index (κ2) is 6.99. The van der Waals surface area contributed by atoms with E-state index in [1.165, 1.54) is 12.1 Å². The standard InChI is InChI=1S/C14H12FN5O2/c15-12-8-19-13(10(7-16)20-12)17-5-6-18-14(22)9-3-1-2-4-11(9)21/h1-4,8,21H,5-6H2,(H,17,19)(H,18,22). The van der Waals surface area contributed by atoms with Gasteiger partial charge in [-0.15, -0.1) is 0 Å². The molecular weight excluding hydrogens is 289 g/mol. The number of anilines is 1. The fourth-order valence-corrected chi connectivity index (χ4v) is 1.69. The number of benzene rings is 1. The maximum atomic E-state index is 12.8. The third-order valence-electron chi connectivity index (χ3n) is 2.70. The van der Waals surface area contributed by atoms with E-state index in [9.17, 15) is 14.3 Å². The first kappa shape index (κ1) is 15.2.